The minimum Gasteiger partial charge on any atom is -0.410 e. The Balaban J connectivity index is 1.67. The molecule has 2 rings (SSSR count). The number of halogens is 3. The van der Waals surface area contributed by atoms with Crippen molar-refractivity contribution in [1.29, 1.82) is 0 Å². The number of ether oxygens (including phenoxy) is 2. The van der Waals surface area contributed by atoms with Gasteiger partial charge in [-0.3, -0.25) is 0 Å². The topological polar surface area (TPSA) is 42.0 Å². The van der Waals surface area contributed by atoms with Gasteiger partial charge in [-0.05, 0) is 76.4 Å². The zero-order valence-corrected chi connectivity index (χ0v) is 18.4. The lowest BCUT2D eigenvalue weighted by Gasteiger charge is -2.34. The highest BCUT2D eigenvalue weighted by molar-refractivity contribution is 5.70. The number of alkyl halides is 3. The molecule has 0 aromatic heterocycles. The van der Waals surface area contributed by atoms with Gasteiger partial charge in [0.2, 0.25) is 0 Å². The minimum atomic E-state index is -4.41. The van der Waals surface area contributed by atoms with Crippen LogP contribution in [0.15, 0.2) is 36.9 Å². The summed E-state index contributed by atoms with van der Waals surface area (Å²) in [6.45, 7) is 6.38. The molecule has 0 unspecified atom stereocenters. The summed E-state index contributed by atoms with van der Waals surface area (Å²) < 4.78 is 49.1. The summed E-state index contributed by atoms with van der Waals surface area (Å²) in [5.74, 6) is 0.0978. The number of unbranched alkanes of at least 4 members (excludes halogenated alkanes) is 1. The van der Waals surface area contributed by atoms with Crippen LogP contribution in [-0.2, 0) is 10.9 Å². The molecule has 0 N–H and O–H groups in total. The van der Waals surface area contributed by atoms with Crippen molar-refractivity contribution < 1.29 is 27.4 Å². The van der Waals surface area contributed by atoms with Crippen LogP contribution in [0.25, 0.3) is 0 Å². The Bertz CT molecular complexity index is 686. The third kappa shape index (κ3) is 8.53. The lowest BCUT2D eigenvalue weighted by molar-refractivity contribution is -0.137. The molecule has 1 saturated carbocycles. The first kappa shape index (κ1) is 25.2. The van der Waals surface area contributed by atoms with Crippen molar-refractivity contribution in [2.75, 3.05) is 33.8 Å². The van der Waals surface area contributed by atoms with E-state index >= 15 is 0 Å². The monoisotopic (exact) mass is 442 g/mol. The number of carbonyl (C=O) groups is 1. The second-order valence-electron chi connectivity index (χ2n) is 8.06. The quantitative estimate of drug-likeness (QED) is 0.361. The molecule has 1 amide bonds. The Kier molecular flexibility index (Phi) is 9.84. The number of rotatable bonds is 10. The summed E-state index contributed by atoms with van der Waals surface area (Å²) in [5.41, 5.74) is -0.775. The average molecular weight is 443 g/mol. The number of carbonyl (C=O) groups excluding carboxylic acids is 1. The molecule has 0 heterocycles. The second-order valence-corrected chi connectivity index (χ2v) is 8.06. The maximum atomic E-state index is 12.6. The van der Waals surface area contributed by atoms with Crippen molar-refractivity contribution in [2.45, 2.75) is 56.8 Å². The first-order valence-electron chi connectivity index (χ1n) is 10.7. The fraction of sp³-hybridized carbons (Fsp3) is 0.609. The highest BCUT2D eigenvalue weighted by Gasteiger charge is 2.31. The Morgan fingerprint density at radius 3 is 2.35 bits per heavy atom. The van der Waals surface area contributed by atoms with Gasteiger partial charge < -0.3 is 19.3 Å². The van der Waals surface area contributed by atoms with Gasteiger partial charge in [-0.15, -0.1) is 6.58 Å². The first-order chi connectivity index (χ1) is 14.7. The largest absolute Gasteiger partial charge is 0.416 e. The zero-order valence-electron chi connectivity index (χ0n) is 18.4. The number of hydrogen-bond donors (Lipinski definition) is 0. The highest BCUT2D eigenvalue weighted by Crippen LogP contribution is 2.30. The molecule has 8 heteroatoms. The normalized spacial score (nSPS) is 19.3. The highest BCUT2D eigenvalue weighted by atomic mass is 19.4. The number of likely N-dealkylation sites (N-methyl/N-ethyl adjacent to an activating group) is 1. The third-order valence-corrected chi connectivity index (χ3v) is 5.59. The zero-order chi connectivity index (χ0) is 22.9. The Labute approximate surface area is 182 Å². The average Bonchev–Trinajstić information content (AvgIpc) is 2.73. The van der Waals surface area contributed by atoms with Crippen LogP contribution < -0.4 is 4.74 Å². The SMILES string of the molecule is C=CCN(C)CCCCO[C@H]1CC[C@H](N(C)C(=O)Oc2ccc(C(F)(F)F)cc2)CC1. The van der Waals surface area contributed by atoms with E-state index in [0.29, 0.717) is 0 Å². The molecule has 1 aliphatic carbocycles. The molecule has 0 aliphatic heterocycles. The Hall–Kier alpha value is -2.06. The molecule has 31 heavy (non-hydrogen) atoms. The molecule has 5 nitrogen and oxygen atoms in total. The molecule has 0 radical (unpaired) electrons. The van der Waals surface area contributed by atoms with E-state index in [1.165, 1.54) is 4.90 Å². The van der Waals surface area contributed by atoms with E-state index in [1.54, 1.807) is 7.05 Å². The van der Waals surface area contributed by atoms with Crippen LogP contribution in [0.1, 0.15) is 44.1 Å². The smallest absolute Gasteiger partial charge is 0.410 e. The summed E-state index contributed by atoms with van der Waals surface area (Å²) in [7, 11) is 3.74. The maximum absolute atomic E-state index is 12.6. The van der Waals surface area contributed by atoms with E-state index in [1.807, 2.05) is 6.08 Å². The van der Waals surface area contributed by atoms with Crippen LogP contribution in [0.4, 0.5) is 18.0 Å². The molecule has 0 atom stereocenters. The second kappa shape index (κ2) is 12.1. The molecular weight excluding hydrogens is 409 g/mol. The Morgan fingerprint density at radius 2 is 1.77 bits per heavy atom. The van der Waals surface area contributed by atoms with Gasteiger partial charge in [0.25, 0.3) is 0 Å². The van der Waals surface area contributed by atoms with Crippen molar-refractivity contribution in [2.24, 2.45) is 0 Å². The van der Waals surface area contributed by atoms with Gasteiger partial charge in [-0.25, -0.2) is 4.79 Å². The molecule has 0 spiro atoms. The van der Waals surface area contributed by atoms with Gasteiger partial charge in [0, 0.05) is 26.2 Å². The molecule has 1 aliphatic rings. The molecule has 1 aromatic rings. The van der Waals surface area contributed by atoms with E-state index in [4.69, 9.17) is 9.47 Å². The molecule has 0 saturated heterocycles. The molecular formula is C23H33F3N2O3. The number of amides is 1. The van der Waals surface area contributed by atoms with Crippen molar-refractivity contribution in [3.05, 3.63) is 42.5 Å². The van der Waals surface area contributed by atoms with Crippen molar-refractivity contribution in [1.82, 2.24) is 9.80 Å². The predicted octanol–water partition coefficient (Wildman–Crippen LogP) is 5.36. The van der Waals surface area contributed by atoms with E-state index in [2.05, 4.69) is 18.5 Å². The van der Waals surface area contributed by atoms with Gasteiger partial charge in [0.15, 0.2) is 0 Å². The summed E-state index contributed by atoms with van der Waals surface area (Å²) in [6, 6.07) is 4.17. The van der Waals surface area contributed by atoms with Crippen molar-refractivity contribution in [3.8, 4) is 5.75 Å². The lowest BCUT2D eigenvalue weighted by Crippen LogP contribution is -2.42. The van der Waals surface area contributed by atoms with Gasteiger partial charge >= 0.3 is 12.3 Å². The van der Waals surface area contributed by atoms with Crippen LogP contribution in [0, 0.1) is 0 Å². The summed E-state index contributed by atoms with van der Waals surface area (Å²) >= 11 is 0. The van der Waals surface area contributed by atoms with Crippen molar-refractivity contribution in [3.63, 3.8) is 0 Å². The van der Waals surface area contributed by atoms with Crippen LogP contribution in [0.5, 0.6) is 5.75 Å². The molecule has 1 aromatic carbocycles. The fourth-order valence-corrected chi connectivity index (χ4v) is 3.68. The van der Waals surface area contributed by atoms with E-state index in [9.17, 15) is 18.0 Å². The van der Waals surface area contributed by atoms with Crippen molar-refractivity contribution >= 4 is 6.09 Å². The number of hydrogen-bond acceptors (Lipinski definition) is 4. The summed E-state index contributed by atoms with van der Waals surface area (Å²) in [4.78, 5) is 16.1. The van der Waals surface area contributed by atoms with Crippen LogP contribution >= 0.6 is 0 Å². The lowest BCUT2D eigenvalue weighted by atomic mass is 9.92. The molecule has 1 fully saturated rings. The van der Waals surface area contributed by atoms with E-state index in [0.717, 1.165) is 82.5 Å². The van der Waals surface area contributed by atoms with E-state index < -0.39 is 17.8 Å². The summed E-state index contributed by atoms with van der Waals surface area (Å²) in [6.07, 6.45) is 2.59. The first-order valence-corrected chi connectivity index (χ1v) is 10.7. The summed E-state index contributed by atoms with van der Waals surface area (Å²) in [5, 5.41) is 0. The fourth-order valence-electron chi connectivity index (χ4n) is 3.68. The van der Waals surface area contributed by atoms with E-state index in [-0.39, 0.29) is 17.9 Å². The third-order valence-electron chi connectivity index (χ3n) is 5.59. The van der Waals surface area contributed by atoms with Gasteiger partial charge in [0.05, 0.1) is 11.7 Å². The van der Waals surface area contributed by atoms with Crippen LogP contribution in [0.2, 0.25) is 0 Å². The predicted molar refractivity (Wildman–Crippen MR) is 114 cm³/mol. The molecule has 174 valence electrons. The minimum absolute atomic E-state index is 0.0364. The molecule has 0 bridgehead atoms. The van der Waals surface area contributed by atoms with Crippen LogP contribution in [-0.4, -0.2) is 61.8 Å². The standard InChI is InChI=1S/C23H33F3N2O3/c1-4-15-27(2)16-5-6-17-30-20-13-9-19(10-14-20)28(3)22(29)31-21-11-7-18(8-12-21)23(24,25)26/h4,7-8,11-12,19-20H,1,5-6,9-10,13-17H2,2-3H3/t19-,20-. The van der Waals surface area contributed by atoms with Gasteiger partial charge in [-0.2, -0.15) is 13.2 Å². The maximum Gasteiger partial charge on any atom is 0.416 e. The van der Waals surface area contributed by atoms with Gasteiger partial charge in [-0.1, -0.05) is 6.08 Å². The Morgan fingerprint density at radius 1 is 1.13 bits per heavy atom. The number of nitrogens with zero attached hydrogens (tertiary/aromatic N) is 2. The number of benzene rings is 1. The van der Waals surface area contributed by atoms with Gasteiger partial charge in [0.1, 0.15) is 5.75 Å². The van der Waals surface area contributed by atoms with Crippen LogP contribution in [0.3, 0.4) is 0 Å².